The first-order valence-electron chi connectivity index (χ1n) is 8.38. The van der Waals surface area contributed by atoms with Gasteiger partial charge >= 0.3 is 0 Å². The van der Waals surface area contributed by atoms with Crippen molar-refractivity contribution >= 4 is 12.0 Å². The van der Waals surface area contributed by atoms with Crippen LogP contribution in [0.5, 0.6) is 11.5 Å². The third-order valence-corrected chi connectivity index (χ3v) is 4.14. The van der Waals surface area contributed by atoms with Gasteiger partial charge in [0.25, 0.3) is 0 Å². The van der Waals surface area contributed by atoms with Crippen LogP contribution in [0.2, 0.25) is 0 Å². The Balaban J connectivity index is 2.15. The summed E-state index contributed by atoms with van der Waals surface area (Å²) in [6.45, 7) is 4.51. The summed E-state index contributed by atoms with van der Waals surface area (Å²) in [4.78, 5) is 14.2. The predicted octanol–water partition coefficient (Wildman–Crippen LogP) is 4.33. The lowest BCUT2D eigenvalue weighted by Gasteiger charge is -2.25. The zero-order valence-corrected chi connectivity index (χ0v) is 15.2. The number of rotatable bonds is 7. The molecule has 0 N–H and O–H groups in total. The molecular formula is C21H25NO3. The first-order chi connectivity index (χ1) is 12.1. The van der Waals surface area contributed by atoms with Crippen molar-refractivity contribution in [1.29, 1.82) is 0 Å². The molecule has 0 aliphatic heterocycles. The molecule has 0 aromatic heterocycles. The Morgan fingerprint density at radius 1 is 1.12 bits per heavy atom. The summed E-state index contributed by atoms with van der Waals surface area (Å²) in [7, 11) is 3.43. The third-order valence-electron chi connectivity index (χ3n) is 4.14. The Hall–Kier alpha value is -2.75. The summed E-state index contributed by atoms with van der Waals surface area (Å²) in [5.74, 6) is 1.47. The molecule has 0 radical (unpaired) electrons. The SMILES string of the molecule is CCOc1ccccc1/C=C/C(=O)N(C)C(C)c1ccccc1OC. The fourth-order valence-corrected chi connectivity index (χ4v) is 2.59. The molecular weight excluding hydrogens is 314 g/mol. The van der Waals surface area contributed by atoms with Gasteiger partial charge in [-0.3, -0.25) is 4.79 Å². The van der Waals surface area contributed by atoms with E-state index in [1.54, 1.807) is 31.2 Å². The third kappa shape index (κ3) is 4.63. The van der Waals surface area contributed by atoms with Gasteiger partial charge in [-0.2, -0.15) is 0 Å². The fourth-order valence-electron chi connectivity index (χ4n) is 2.59. The maximum absolute atomic E-state index is 12.6. The van der Waals surface area contributed by atoms with Crippen LogP contribution in [0.1, 0.15) is 31.0 Å². The summed E-state index contributed by atoms with van der Waals surface area (Å²) in [5.41, 5.74) is 1.86. The standard InChI is InChI=1S/C21H25NO3/c1-5-25-19-12-8-6-10-17(19)14-15-21(23)22(3)16(2)18-11-7-9-13-20(18)24-4/h6-16H,5H2,1-4H3/b15-14+. The highest BCUT2D eigenvalue weighted by Gasteiger charge is 2.18. The lowest BCUT2D eigenvalue weighted by molar-refractivity contribution is -0.126. The average Bonchev–Trinajstić information content (AvgIpc) is 2.66. The van der Waals surface area contributed by atoms with Gasteiger partial charge in [0, 0.05) is 24.3 Å². The Bertz CT molecular complexity index is 739. The second kappa shape index (κ2) is 8.92. The van der Waals surface area contributed by atoms with Crippen molar-refractivity contribution < 1.29 is 14.3 Å². The number of carbonyl (C=O) groups excluding carboxylic acids is 1. The van der Waals surface area contributed by atoms with Gasteiger partial charge in [-0.25, -0.2) is 0 Å². The smallest absolute Gasteiger partial charge is 0.246 e. The molecule has 2 aromatic carbocycles. The van der Waals surface area contributed by atoms with Crippen LogP contribution in [-0.2, 0) is 4.79 Å². The van der Waals surface area contributed by atoms with Crippen molar-refractivity contribution in [2.75, 3.05) is 20.8 Å². The normalized spacial score (nSPS) is 12.0. The highest BCUT2D eigenvalue weighted by atomic mass is 16.5. The minimum atomic E-state index is -0.101. The molecule has 0 heterocycles. The molecule has 2 aromatic rings. The monoisotopic (exact) mass is 339 g/mol. The van der Waals surface area contributed by atoms with Crippen molar-refractivity contribution in [3.8, 4) is 11.5 Å². The van der Waals surface area contributed by atoms with E-state index in [1.165, 1.54) is 0 Å². The van der Waals surface area contributed by atoms with Crippen molar-refractivity contribution in [2.24, 2.45) is 0 Å². The van der Waals surface area contributed by atoms with Crippen molar-refractivity contribution in [2.45, 2.75) is 19.9 Å². The Morgan fingerprint density at radius 2 is 1.76 bits per heavy atom. The Labute approximate surface area is 149 Å². The number of methoxy groups -OCH3 is 1. The lowest BCUT2D eigenvalue weighted by atomic mass is 10.1. The van der Waals surface area contributed by atoms with Gasteiger partial charge in [0.2, 0.25) is 5.91 Å². The predicted molar refractivity (Wildman–Crippen MR) is 101 cm³/mol. The molecule has 0 aliphatic carbocycles. The first kappa shape index (κ1) is 18.6. The highest BCUT2D eigenvalue weighted by molar-refractivity contribution is 5.92. The maximum atomic E-state index is 12.6. The summed E-state index contributed by atoms with van der Waals surface area (Å²) in [5, 5.41) is 0. The van der Waals surface area contributed by atoms with Crippen LogP contribution in [0.15, 0.2) is 54.6 Å². The number of hydrogen-bond acceptors (Lipinski definition) is 3. The summed E-state index contributed by atoms with van der Waals surface area (Å²) < 4.78 is 11.0. The summed E-state index contributed by atoms with van der Waals surface area (Å²) in [6, 6.07) is 15.3. The molecule has 0 saturated carbocycles. The van der Waals surface area contributed by atoms with E-state index >= 15 is 0 Å². The largest absolute Gasteiger partial charge is 0.496 e. The lowest BCUT2D eigenvalue weighted by Crippen LogP contribution is -2.28. The van der Waals surface area contributed by atoms with E-state index in [4.69, 9.17) is 9.47 Å². The molecule has 1 unspecified atom stereocenters. The fraction of sp³-hybridized carbons (Fsp3) is 0.286. The second-order valence-corrected chi connectivity index (χ2v) is 5.67. The first-order valence-corrected chi connectivity index (χ1v) is 8.38. The topological polar surface area (TPSA) is 38.8 Å². The number of amides is 1. The van der Waals surface area contributed by atoms with Gasteiger partial charge in [0.15, 0.2) is 0 Å². The van der Waals surface area contributed by atoms with E-state index in [0.717, 1.165) is 22.6 Å². The molecule has 0 fully saturated rings. The second-order valence-electron chi connectivity index (χ2n) is 5.67. The van der Waals surface area contributed by atoms with Gasteiger partial charge in [0.1, 0.15) is 11.5 Å². The molecule has 2 rings (SSSR count). The molecule has 25 heavy (non-hydrogen) atoms. The number of likely N-dealkylation sites (N-methyl/N-ethyl adjacent to an activating group) is 1. The molecule has 1 atom stereocenters. The minimum Gasteiger partial charge on any atom is -0.496 e. The Kier molecular flexibility index (Phi) is 6.63. The summed E-state index contributed by atoms with van der Waals surface area (Å²) in [6.07, 6.45) is 3.36. The van der Waals surface area contributed by atoms with Crippen LogP contribution in [0.4, 0.5) is 0 Å². The van der Waals surface area contributed by atoms with Crippen LogP contribution in [0.3, 0.4) is 0 Å². The molecule has 0 aliphatic rings. The van der Waals surface area contributed by atoms with Gasteiger partial charge in [0.05, 0.1) is 19.8 Å². The quantitative estimate of drug-likeness (QED) is 0.705. The van der Waals surface area contributed by atoms with E-state index in [9.17, 15) is 4.79 Å². The van der Waals surface area contributed by atoms with Crippen LogP contribution in [-0.4, -0.2) is 31.6 Å². The molecule has 1 amide bonds. The number of nitrogens with zero attached hydrogens (tertiary/aromatic N) is 1. The van der Waals surface area contributed by atoms with E-state index in [2.05, 4.69) is 0 Å². The molecule has 0 bridgehead atoms. The zero-order chi connectivity index (χ0) is 18.2. The van der Waals surface area contributed by atoms with Gasteiger partial charge in [-0.05, 0) is 32.1 Å². The van der Waals surface area contributed by atoms with Crippen LogP contribution in [0.25, 0.3) is 6.08 Å². The van der Waals surface area contributed by atoms with E-state index in [-0.39, 0.29) is 11.9 Å². The maximum Gasteiger partial charge on any atom is 0.246 e. The molecule has 132 valence electrons. The van der Waals surface area contributed by atoms with E-state index in [0.29, 0.717) is 6.61 Å². The average molecular weight is 339 g/mol. The van der Waals surface area contributed by atoms with Gasteiger partial charge in [-0.1, -0.05) is 36.4 Å². The Morgan fingerprint density at radius 3 is 2.44 bits per heavy atom. The molecule has 4 nitrogen and oxygen atoms in total. The molecule has 0 saturated heterocycles. The number of para-hydroxylation sites is 2. The highest BCUT2D eigenvalue weighted by Crippen LogP contribution is 2.28. The minimum absolute atomic E-state index is 0.0790. The van der Waals surface area contributed by atoms with Gasteiger partial charge in [-0.15, -0.1) is 0 Å². The van der Waals surface area contributed by atoms with Gasteiger partial charge < -0.3 is 14.4 Å². The van der Waals surface area contributed by atoms with E-state index < -0.39 is 0 Å². The number of benzene rings is 2. The summed E-state index contributed by atoms with van der Waals surface area (Å²) >= 11 is 0. The number of ether oxygens (including phenoxy) is 2. The van der Waals surface area contributed by atoms with Crippen molar-refractivity contribution in [1.82, 2.24) is 4.90 Å². The van der Waals surface area contributed by atoms with Crippen molar-refractivity contribution in [3.05, 3.63) is 65.7 Å². The van der Waals surface area contributed by atoms with Crippen molar-refractivity contribution in [3.63, 3.8) is 0 Å². The van der Waals surface area contributed by atoms with E-state index in [1.807, 2.05) is 62.4 Å². The molecule has 0 spiro atoms. The van der Waals surface area contributed by atoms with Crippen LogP contribution < -0.4 is 9.47 Å². The number of hydrogen-bond donors (Lipinski definition) is 0. The van der Waals surface area contributed by atoms with Crippen LogP contribution in [0, 0.1) is 0 Å². The zero-order valence-electron chi connectivity index (χ0n) is 15.2. The van der Waals surface area contributed by atoms with Crippen LogP contribution >= 0.6 is 0 Å². The molecule has 4 heteroatoms. The number of carbonyl (C=O) groups is 1.